The van der Waals surface area contributed by atoms with Crippen molar-refractivity contribution in [1.82, 2.24) is 4.98 Å². The smallest absolute Gasteiger partial charge is 0.403 e. The first-order valence-corrected chi connectivity index (χ1v) is 5.19. The largest absolute Gasteiger partial charge is 0.573 e. The van der Waals surface area contributed by atoms with E-state index in [0.29, 0.717) is 14.8 Å². The van der Waals surface area contributed by atoms with Crippen LogP contribution in [0, 0.1) is 21.8 Å². The number of pyridine rings is 1. The fourth-order valence-electron chi connectivity index (χ4n) is 1.05. The molecule has 0 aliphatic rings. The van der Waals surface area contributed by atoms with Crippen LogP contribution in [0.4, 0.5) is 13.2 Å². The zero-order chi connectivity index (χ0) is 12.3. The maximum atomic E-state index is 12.0. The number of aromatic nitrogens is 1. The number of halogens is 4. The van der Waals surface area contributed by atoms with Gasteiger partial charge in [0, 0.05) is 0 Å². The Morgan fingerprint density at radius 2 is 2.19 bits per heavy atom. The molecule has 0 radical (unpaired) electrons. The lowest BCUT2D eigenvalue weighted by Crippen LogP contribution is -2.18. The van der Waals surface area contributed by atoms with Gasteiger partial charge in [-0.25, -0.2) is 0 Å². The Morgan fingerprint density at radius 1 is 1.56 bits per heavy atom. The number of alkyl halides is 3. The van der Waals surface area contributed by atoms with Gasteiger partial charge in [0.2, 0.25) is 0 Å². The third-order valence-electron chi connectivity index (χ3n) is 1.79. The minimum Gasteiger partial charge on any atom is -0.403 e. The van der Waals surface area contributed by atoms with Crippen molar-refractivity contribution in [3.05, 3.63) is 21.0 Å². The monoisotopic (exact) mass is 342 g/mol. The van der Waals surface area contributed by atoms with Crippen molar-refractivity contribution >= 4 is 22.6 Å². The first kappa shape index (κ1) is 13.0. The summed E-state index contributed by atoms with van der Waals surface area (Å²) in [4.78, 5) is 3.76. The van der Waals surface area contributed by atoms with Gasteiger partial charge < -0.3 is 4.74 Å². The molecule has 7 heteroatoms. The highest BCUT2D eigenvalue weighted by Crippen LogP contribution is 2.30. The standard InChI is InChI=1S/C9H6F3IN2O/c1-5-6(2-3-14)15-4-7(8(5)13)16-9(10,11)12/h4H,2H2,1H3. The van der Waals surface area contributed by atoms with E-state index < -0.39 is 6.36 Å². The molecule has 0 bridgehead atoms. The first-order chi connectivity index (χ1) is 7.35. The molecule has 0 saturated carbocycles. The summed E-state index contributed by atoms with van der Waals surface area (Å²) in [6, 6.07) is 1.89. The first-order valence-electron chi connectivity index (χ1n) is 4.12. The lowest BCUT2D eigenvalue weighted by molar-refractivity contribution is -0.275. The van der Waals surface area contributed by atoms with Crippen molar-refractivity contribution < 1.29 is 17.9 Å². The Kier molecular flexibility index (Phi) is 3.96. The predicted molar refractivity (Wildman–Crippen MR) is 57.7 cm³/mol. The molecule has 0 spiro atoms. The molecule has 0 amide bonds. The van der Waals surface area contributed by atoms with Gasteiger partial charge >= 0.3 is 6.36 Å². The maximum absolute atomic E-state index is 12.0. The van der Waals surface area contributed by atoms with Crippen molar-refractivity contribution in [2.45, 2.75) is 19.7 Å². The fraction of sp³-hybridized carbons (Fsp3) is 0.333. The zero-order valence-corrected chi connectivity index (χ0v) is 10.3. The number of ether oxygens (including phenoxy) is 1. The lowest BCUT2D eigenvalue weighted by atomic mass is 10.2. The molecule has 0 fully saturated rings. The second-order valence-electron chi connectivity index (χ2n) is 2.89. The van der Waals surface area contributed by atoms with Gasteiger partial charge in [-0.15, -0.1) is 13.2 Å². The van der Waals surface area contributed by atoms with Crippen LogP contribution >= 0.6 is 22.6 Å². The van der Waals surface area contributed by atoms with Crippen LogP contribution in [0.3, 0.4) is 0 Å². The minimum absolute atomic E-state index is 0.0636. The van der Waals surface area contributed by atoms with Gasteiger partial charge in [0.25, 0.3) is 0 Å². The summed E-state index contributed by atoms with van der Waals surface area (Å²) in [5.74, 6) is -0.340. The zero-order valence-electron chi connectivity index (χ0n) is 8.10. The highest BCUT2D eigenvalue weighted by Gasteiger charge is 2.32. The molecule has 0 aliphatic carbocycles. The van der Waals surface area contributed by atoms with Crippen molar-refractivity contribution in [3.8, 4) is 11.8 Å². The van der Waals surface area contributed by atoms with Gasteiger partial charge in [-0.2, -0.15) is 5.26 Å². The van der Waals surface area contributed by atoms with Crippen LogP contribution in [0.15, 0.2) is 6.20 Å². The molecule has 0 atom stereocenters. The van der Waals surface area contributed by atoms with E-state index in [9.17, 15) is 13.2 Å². The molecule has 16 heavy (non-hydrogen) atoms. The molecule has 1 aromatic rings. The Labute approximate surface area is 103 Å². The second-order valence-corrected chi connectivity index (χ2v) is 3.97. The van der Waals surface area contributed by atoms with Gasteiger partial charge in [-0.3, -0.25) is 4.98 Å². The molecule has 0 saturated heterocycles. The van der Waals surface area contributed by atoms with Crippen LogP contribution in [0.5, 0.6) is 5.75 Å². The summed E-state index contributed by atoms with van der Waals surface area (Å²) in [5.41, 5.74) is 0.991. The van der Waals surface area contributed by atoms with Gasteiger partial charge in [-0.1, -0.05) is 0 Å². The third-order valence-corrected chi connectivity index (χ3v) is 3.13. The van der Waals surface area contributed by atoms with E-state index in [1.54, 1.807) is 29.5 Å². The third kappa shape index (κ3) is 3.23. The molecule has 0 aliphatic heterocycles. The average Bonchev–Trinajstić information content (AvgIpc) is 2.16. The molecular formula is C9H6F3IN2O. The van der Waals surface area contributed by atoms with Gasteiger partial charge in [-0.05, 0) is 35.1 Å². The lowest BCUT2D eigenvalue weighted by Gasteiger charge is -2.12. The second kappa shape index (κ2) is 4.86. The molecule has 1 rings (SSSR count). The summed E-state index contributed by atoms with van der Waals surface area (Å²) in [6.45, 7) is 1.60. The highest BCUT2D eigenvalue weighted by molar-refractivity contribution is 14.1. The number of nitrogens with zero attached hydrogens (tertiary/aromatic N) is 2. The van der Waals surface area contributed by atoms with Crippen LogP contribution < -0.4 is 4.74 Å². The van der Waals surface area contributed by atoms with Crippen LogP contribution in [0.1, 0.15) is 11.3 Å². The summed E-state index contributed by atoms with van der Waals surface area (Å²) in [5, 5.41) is 8.49. The van der Waals surface area contributed by atoms with Crippen LogP contribution in [-0.4, -0.2) is 11.3 Å². The van der Waals surface area contributed by atoms with Crippen LogP contribution in [-0.2, 0) is 6.42 Å². The van der Waals surface area contributed by atoms with Crippen molar-refractivity contribution in [3.63, 3.8) is 0 Å². The van der Waals surface area contributed by atoms with Crippen molar-refractivity contribution in [2.75, 3.05) is 0 Å². The van der Waals surface area contributed by atoms with E-state index in [1.807, 2.05) is 6.07 Å². The van der Waals surface area contributed by atoms with Gasteiger partial charge in [0.1, 0.15) is 0 Å². The molecule has 86 valence electrons. The van der Waals surface area contributed by atoms with Crippen LogP contribution in [0.2, 0.25) is 0 Å². The Hall–Kier alpha value is -1.04. The molecule has 1 heterocycles. The van der Waals surface area contributed by atoms with Gasteiger partial charge in [0.05, 0.1) is 28.0 Å². The van der Waals surface area contributed by atoms with Gasteiger partial charge in [0.15, 0.2) is 5.75 Å². The molecular weight excluding hydrogens is 336 g/mol. The maximum Gasteiger partial charge on any atom is 0.573 e. The number of hydrogen-bond acceptors (Lipinski definition) is 3. The highest BCUT2D eigenvalue weighted by atomic mass is 127. The van der Waals surface area contributed by atoms with E-state index in [4.69, 9.17) is 5.26 Å². The van der Waals surface area contributed by atoms with E-state index >= 15 is 0 Å². The fourth-order valence-corrected chi connectivity index (χ4v) is 1.61. The molecule has 0 N–H and O–H groups in total. The van der Waals surface area contributed by atoms with E-state index in [-0.39, 0.29) is 12.2 Å². The SMILES string of the molecule is Cc1c(CC#N)ncc(OC(F)(F)F)c1I. The molecule has 0 aromatic carbocycles. The summed E-state index contributed by atoms with van der Waals surface area (Å²) < 4.78 is 40.1. The summed E-state index contributed by atoms with van der Waals surface area (Å²) in [7, 11) is 0. The Morgan fingerprint density at radius 3 is 2.69 bits per heavy atom. The number of nitriles is 1. The summed E-state index contributed by atoms with van der Waals surface area (Å²) in [6.07, 6.45) is -3.69. The average molecular weight is 342 g/mol. The van der Waals surface area contributed by atoms with Crippen molar-refractivity contribution in [2.24, 2.45) is 0 Å². The predicted octanol–water partition coefficient (Wildman–Crippen LogP) is 2.96. The summed E-state index contributed by atoms with van der Waals surface area (Å²) >= 11 is 1.74. The molecule has 0 unspecified atom stereocenters. The topological polar surface area (TPSA) is 45.9 Å². The quantitative estimate of drug-likeness (QED) is 0.777. The molecule has 3 nitrogen and oxygen atoms in total. The van der Waals surface area contributed by atoms with Crippen molar-refractivity contribution in [1.29, 1.82) is 5.26 Å². The number of rotatable bonds is 2. The Bertz CT molecular complexity index is 440. The van der Waals surface area contributed by atoms with E-state index in [1.165, 1.54) is 0 Å². The van der Waals surface area contributed by atoms with Crippen LogP contribution in [0.25, 0.3) is 0 Å². The Balaban J connectivity index is 3.08. The van der Waals surface area contributed by atoms with E-state index in [0.717, 1.165) is 6.20 Å². The minimum atomic E-state index is -4.73. The molecule has 1 aromatic heterocycles. The normalized spacial score (nSPS) is 11.0. The number of hydrogen-bond donors (Lipinski definition) is 0. The van der Waals surface area contributed by atoms with E-state index in [2.05, 4.69) is 9.72 Å².